The van der Waals surface area contributed by atoms with Gasteiger partial charge in [-0.3, -0.25) is 4.79 Å². The molecule has 0 fully saturated rings. The molecule has 1 amide bonds. The maximum atomic E-state index is 12.3. The monoisotopic (exact) mass is 374 g/mol. The lowest BCUT2D eigenvalue weighted by atomic mass is 10.2. The predicted octanol–water partition coefficient (Wildman–Crippen LogP) is 3.85. The van der Waals surface area contributed by atoms with Crippen molar-refractivity contribution in [3.05, 3.63) is 70.2 Å². The summed E-state index contributed by atoms with van der Waals surface area (Å²) in [6, 6.07) is 17.5. The fourth-order valence-corrected chi connectivity index (χ4v) is 2.29. The second-order valence-electron chi connectivity index (χ2n) is 5.21. The van der Waals surface area contributed by atoms with Gasteiger partial charge < -0.3 is 9.74 Å². The Balaban J connectivity index is 1.85. The van der Waals surface area contributed by atoms with Crippen molar-refractivity contribution >= 4 is 28.1 Å². The molecule has 0 heterocycles. The van der Waals surface area contributed by atoms with Gasteiger partial charge in [-0.25, -0.2) is 0 Å². The van der Waals surface area contributed by atoms with Crippen molar-refractivity contribution in [2.24, 2.45) is 5.16 Å². The van der Waals surface area contributed by atoms with E-state index in [9.17, 15) is 4.79 Å². The molecule has 0 radical (unpaired) electrons. The Bertz CT molecular complexity index is 656. The van der Waals surface area contributed by atoms with Gasteiger partial charge >= 0.3 is 0 Å². The van der Waals surface area contributed by atoms with Crippen LogP contribution in [0.25, 0.3) is 0 Å². The van der Waals surface area contributed by atoms with Gasteiger partial charge in [-0.15, -0.1) is 0 Å². The third kappa shape index (κ3) is 5.53. The Kier molecular flexibility index (Phi) is 6.35. The zero-order valence-electron chi connectivity index (χ0n) is 13.1. The van der Waals surface area contributed by atoms with Gasteiger partial charge in [0, 0.05) is 18.1 Å². The lowest BCUT2D eigenvalue weighted by molar-refractivity contribution is -0.141. The van der Waals surface area contributed by atoms with E-state index in [-0.39, 0.29) is 5.91 Å². The van der Waals surface area contributed by atoms with Gasteiger partial charge in [0.2, 0.25) is 6.10 Å². The van der Waals surface area contributed by atoms with Crippen molar-refractivity contribution in [2.75, 3.05) is 7.05 Å². The highest BCUT2D eigenvalue weighted by Crippen LogP contribution is 2.09. The summed E-state index contributed by atoms with van der Waals surface area (Å²) in [6.07, 6.45) is 0.961. The minimum atomic E-state index is -0.629. The number of amides is 1. The van der Waals surface area contributed by atoms with Gasteiger partial charge in [0.25, 0.3) is 5.91 Å². The van der Waals surface area contributed by atoms with E-state index in [0.717, 1.165) is 15.6 Å². The first-order chi connectivity index (χ1) is 11.1. The molecular weight excluding hydrogens is 356 g/mol. The first-order valence-electron chi connectivity index (χ1n) is 7.30. The van der Waals surface area contributed by atoms with Crippen LogP contribution in [0.2, 0.25) is 0 Å². The summed E-state index contributed by atoms with van der Waals surface area (Å²) >= 11 is 3.37. The van der Waals surface area contributed by atoms with Gasteiger partial charge in [0.1, 0.15) is 0 Å². The van der Waals surface area contributed by atoms with E-state index in [1.807, 2.05) is 54.6 Å². The molecule has 0 saturated carbocycles. The number of rotatable bonds is 6. The van der Waals surface area contributed by atoms with E-state index < -0.39 is 6.10 Å². The number of carbonyl (C=O) groups is 1. The topological polar surface area (TPSA) is 41.9 Å². The second-order valence-corrected chi connectivity index (χ2v) is 6.13. The summed E-state index contributed by atoms with van der Waals surface area (Å²) < 4.78 is 1.00. The largest absolute Gasteiger partial charge is 0.383 e. The molecule has 0 aliphatic rings. The molecule has 1 atom stereocenters. The number of halogens is 1. The van der Waals surface area contributed by atoms with Crippen LogP contribution in [-0.4, -0.2) is 30.2 Å². The number of likely N-dealkylation sites (N-methyl/N-ethyl adjacent to an activating group) is 1. The maximum absolute atomic E-state index is 12.3. The molecule has 4 nitrogen and oxygen atoms in total. The van der Waals surface area contributed by atoms with Crippen molar-refractivity contribution in [1.82, 2.24) is 4.90 Å². The molecular formula is C18H19BrN2O2. The second kappa shape index (κ2) is 8.48. The van der Waals surface area contributed by atoms with E-state index in [0.29, 0.717) is 6.54 Å². The van der Waals surface area contributed by atoms with Crippen LogP contribution in [0.1, 0.15) is 18.1 Å². The highest BCUT2D eigenvalue weighted by atomic mass is 79.9. The maximum Gasteiger partial charge on any atom is 0.266 e. The van der Waals surface area contributed by atoms with Gasteiger partial charge in [0.15, 0.2) is 0 Å². The van der Waals surface area contributed by atoms with Crippen molar-refractivity contribution in [2.45, 2.75) is 19.6 Å². The SMILES string of the molecule is C[C@H](O/N=C\c1ccc(Br)cc1)C(=O)N(C)Cc1ccccc1. The lowest BCUT2D eigenvalue weighted by Crippen LogP contribution is -2.35. The number of hydrogen-bond donors (Lipinski definition) is 0. The van der Waals surface area contributed by atoms with E-state index >= 15 is 0 Å². The molecule has 0 N–H and O–H groups in total. The van der Waals surface area contributed by atoms with Gasteiger partial charge in [-0.05, 0) is 30.2 Å². The normalized spacial score (nSPS) is 12.1. The quantitative estimate of drug-likeness (QED) is 0.569. The number of benzene rings is 2. The van der Waals surface area contributed by atoms with Crippen LogP contribution in [0.4, 0.5) is 0 Å². The van der Waals surface area contributed by atoms with E-state index in [1.54, 1.807) is 25.1 Å². The van der Waals surface area contributed by atoms with E-state index in [4.69, 9.17) is 4.84 Å². The third-order valence-electron chi connectivity index (χ3n) is 3.28. The molecule has 23 heavy (non-hydrogen) atoms. The molecule has 0 bridgehead atoms. The molecule has 0 saturated heterocycles. The number of carbonyl (C=O) groups excluding carboxylic acids is 1. The highest BCUT2D eigenvalue weighted by Gasteiger charge is 2.18. The molecule has 0 aromatic heterocycles. The van der Waals surface area contributed by atoms with Crippen LogP contribution in [-0.2, 0) is 16.2 Å². The lowest BCUT2D eigenvalue weighted by Gasteiger charge is -2.20. The van der Waals surface area contributed by atoms with Gasteiger partial charge in [-0.2, -0.15) is 0 Å². The third-order valence-corrected chi connectivity index (χ3v) is 3.81. The van der Waals surface area contributed by atoms with Crippen LogP contribution < -0.4 is 0 Å². The van der Waals surface area contributed by atoms with Crippen molar-refractivity contribution in [3.8, 4) is 0 Å². The number of nitrogens with zero attached hydrogens (tertiary/aromatic N) is 2. The Morgan fingerprint density at radius 2 is 1.87 bits per heavy atom. The minimum Gasteiger partial charge on any atom is -0.383 e. The van der Waals surface area contributed by atoms with Crippen LogP contribution in [0.15, 0.2) is 64.2 Å². The van der Waals surface area contributed by atoms with Gasteiger partial charge in [0.05, 0.1) is 6.21 Å². The molecule has 2 aromatic rings. The first kappa shape index (κ1) is 17.2. The standard InChI is InChI=1S/C18H19BrN2O2/c1-14(23-20-12-15-8-10-17(19)11-9-15)18(22)21(2)13-16-6-4-3-5-7-16/h3-12,14H,13H2,1-2H3/b20-12-/t14-/m0/s1. The predicted molar refractivity (Wildman–Crippen MR) is 95.2 cm³/mol. The average Bonchev–Trinajstić information content (AvgIpc) is 2.56. The summed E-state index contributed by atoms with van der Waals surface area (Å²) in [7, 11) is 1.76. The average molecular weight is 375 g/mol. The Hall–Kier alpha value is -2.14. The van der Waals surface area contributed by atoms with Crippen molar-refractivity contribution in [3.63, 3.8) is 0 Å². The molecule has 0 spiro atoms. The smallest absolute Gasteiger partial charge is 0.266 e. The highest BCUT2D eigenvalue weighted by molar-refractivity contribution is 9.10. The van der Waals surface area contributed by atoms with Crippen molar-refractivity contribution < 1.29 is 9.63 Å². The molecule has 0 unspecified atom stereocenters. The summed E-state index contributed by atoms with van der Waals surface area (Å²) in [4.78, 5) is 19.2. The first-order valence-corrected chi connectivity index (χ1v) is 8.09. The fraction of sp³-hybridized carbons (Fsp3) is 0.222. The molecule has 2 aromatic carbocycles. The molecule has 0 aliphatic heterocycles. The van der Waals surface area contributed by atoms with E-state index in [1.165, 1.54) is 0 Å². The summed E-state index contributed by atoms with van der Waals surface area (Å²) in [5.74, 6) is -0.109. The number of oxime groups is 1. The van der Waals surface area contributed by atoms with Crippen LogP contribution >= 0.6 is 15.9 Å². The Morgan fingerprint density at radius 1 is 1.22 bits per heavy atom. The van der Waals surface area contributed by atoms with Crippen LogP contribution in [0.5, 0.6) is 0 Å². The molecule has 120 valence electrons. The summed E-state index contributed by atoms with van der Waals surface area (Å²) in [6.45, 7) is 2.24. The molecule has 2 rings (SSSR count). The zero-order chi connectivity index (χ0) is 16.7. The van der Waals surface area contributed by atoms with E-state index in [2.05, 4.69) is 21.1 Å². The zero-order valence-corrected chi connectivity index (χ0v) is 14.7. The fourth-order valence-electron chi connectivity index (χ4n) is 2.02. The molecule has 0 aliphatic carbocycles. The Labute approximate surface area is 144 Å². The van der Waals surface area contributed by atoms with Gasteiger partial charge in [-0.1, -0.05) is 63.6 Å². The molecule has 5 heteroatoms. The summed E-state index contributed by atoms with van der Waals surface area (Å²) in [5, 5.41) is 3.89. The van der Waals surface area contributed by atoms with Crippen molar-refractivity contribution in [1.29, 1.82) is 0 Å². The summed E-state index contributed by atoms with van der Waals surface area (Å²) in [5.41, 5.74) is 1.99. The Morgan fingerprint density at radius 3 is 2.52 bits per heavy atom. The minimum absolute atomic E-state index is 0.109. The van der Waals surface area contributed by atoms with Crippen LogP contribution in [0, 0.1) is 0 Å². The number of hydrogen-bond acceptors (Lipinski definition) is 3. The van der Waals surface area contributed by atoms with Crippen LogP contribution in [0.3, 0.4) is 0 Å².